The number of nitrogens with zero attached hydrogens (tertiary/aromatic N) is 3. The van der Waals surface area contributed by atoms with Crippen molar-refractivity contribution in [2.24, 2.45) is 11.7 Å². The van der Waals surface area contributed by atoms with Crippen LogP contribution in [0.25, 0.3) is 11.1 Å². The second-order valence-electron chi connectivity index (χ2n) is 5.79. The lowest BCUT2D eigenvalue weighted by molar-refractivity contribution is 0.100. The highest BCUT2D eigenvalue weighted by atomic mass is 16.4. The zero-order chi connectivity index (χ0) is 15.0. The molecule has 1 atom stereocenters. The van der Waals surface area contributed by atoms with Crippen LogP contribution in [0.3, 0.4) is 0 Å². The number of hydrogen-bond acceptors (Lipinski definition) is 5. The second kappa shape index (κ2) is 5.37. The summed E-state index contributed by atoms with van der Waals surface area (Å²) in [5, 5.41) is 0. The molecule has 6 nitrogen and oxygen atoms in total. The first kappa shape index (κ1) is 13.9. The Morgan fingerprint density at radius 3 is 3.14 bits per heavy atom. The summed E-state index contributed by atoms with van der Waals surface area (Å²) in [6, 6.07) is 6.78. The summed E-state index contributed by atoms with van der Waals surface area (Å²) in [4.78, 5) is 20.2. The number of carbonyl (C=O) groups is 1. The Morgan fingerprint density at radius 2 is 2.43 bits per heavy atom. The number of anilines is 1. The summed E-state index contributed by atoms with van der Waals surface area (Å²) in [5.41, 5.74) is 6.71. The molecule has 0 aliphatic carbocycles. The van der Waals surface area contributed by atoms with Crippen LogP contribution in [0.15, 0.2) is 16.5 Å². The molecule has 0 saturated carbocycles. The van der Waals surface area contributed by atoms with Crippen molar-refractivity contribution < 1.29 is 9.21 Å². The minimum Gasteiger partial charge on any atom is -0.423 e. The summed E-state index contributed by atoms with van der Waals surface area (Å²) in [5.74, 6) is 0.0736. The maximum absolute atomic E-state index is 11.4. The summed E-state index contributed by atoms with van der Waals surface area (Å²) in [6.45, 7) is 2.89. The minimum atomic E-state index is -0.535. The van der Waals surface area contributed by atoms with Crippen molar-refractivity contribution in [3.05, 3.63) is 23.8 Å². The van der Waals surface area contributed by atoms with Crippen LogP contribution in [-0.2, 0) is 0 Å². The molecule has 2 N–H and O–H groups in total. The fourth-order valence-electron chi connectivity index (χ4n) is 2.88. The molecule has 1 aliphatic heterocycles. The molecule has 1 fully saturated rings. The lowest BCUT2D eigenvalue weighted by Crippen LogP contribution is -2.25. The van der Waals surface area contributed by atoms with Gasteiger partial charge in [0.25, 0.3) is 11.9 Å². The molecule has 2 heterocycles. The van der Waals surface area contributed by atoms with Crippen molar-refractivity contribution in [3.63, 3.8) is 0 Å². The minimum absolute atomic E-state index is 0.284. The number of fused-ring (bicyclic) bond motifs is 1. The maximum Gasteiger partial charge on any atom is 0.298 e. The van der Waals surface area contributed by atoms with E-state index in [0.29, 0.717) is 23.0 Å². The third-order valence-electron chi connectivity index (χ3n) is 3.77. The Morgan fingerprint density at radius 1 is 1.62 bits per heavy atom. The van der Waals surface area contributed by atoms with E-state index >= 15 is 0 Å². The Balaban J connectivity index is 1.85. The molecule has 1 saturated heterocycles. The molecule has 1 aromatic heterocycles. The number of carbonyl (C=O) groups excluding carboxylic acids is 1. The molecule has 0 bridgehead atoms. The van der Waals surface area contributed by atoms with E-state index in [9.17, 15) is 4.79 Å². The van der Waals surface area contributed by atoms with Crippen molar-refractivity contribution in [1.29, 1.82) is 0 Å². The van der Waals surface area contributed by atoms with E-state index in [0.717, 1.165) is 26.1 Å². The number of benzene rings is 1. The Labute approximate surface area is 123 Å². The van der Waals surface area contributed by atoms with Crippen LogP contribution in [0, 0.1) is 12.0 Å². The van der Waals surface area contributed by atoms with Gasteiger partial charge >= 0.3 is 0 Å². The van der Waals surface area contributed by atoms with E-state index in [2.05, 4.69) is 34.9 Å². The highest BCUT2D eigenvalue weighted by Crippen LogP contribution is 2.28. The molecule has 1 aromatic carbocycles. The highest BCUT2D eigenvalue weighted by Gasteiger charge is 2.27. The Bertz CT molecular complexity index is 665. The maximum atomic E-state index is 11.4. The summed E-state index contributed by atoms with van der Waals surface area (Å²) in [7, 11) is 4.16. The molecule has 0 spiro atoms. The van der Waals surface area contributed by atoms with E-state index in [1.807, 2.05) is 0 Å². The highest BCUT2D eigenvalue weighted by molar-refractivity contribution is 6.03. The molecule has 3 rings (SSSR count). The van der Waals surface area contributed by atoms with Crippen molar-refractivity contribution in [1.82, 2.24) is 9.88 Å². The van der Waals surface area contributed by atoms with Crippen molar-refractivity contribution in [2.45, 2.75) is 6.42 Å². The van der Waals surface area contributed by atoms with Crippen molar-refractivity contribution >= 4 is 23.0 Å². The molecule has 111 valence electrons. The molecular weight excluding hydrogens is 268 g/mol. The SMILES string of the molecule is CN(C)CC1CCN(c2nc3c(C(N)=O)[c]ccc3o2)C1. The average molecular weight is 287 g/mol. The molecule has 1 unspecified atom stereocenters. The normalized spacial score (nSPS) is 18.8. The molecule has 2 aromatic rings. The van der Waals surface area contributed by atoms with Crippen LogP contribution in [0.2, 0.25) is 0 Å². The first-order valence-corrected chi connectivity index (χ1v) is 7.05. The largest absolute Gasteiger partial charge is 0.423 e. The first-order valence-electron chi connectivity index (χ1n) is 7.05. The zero-order valence-electron chi connectivity index (χ0n) is 12.3. The first-order chi connectivity index (χ1) is 10.0. The Hall–Kier alpha value is -2.08. The topological polar surface area (TPSA) is 75.6 Å². The summed E-state index contributed by atoms with van der Waals surface area (Å²) < 4.78 is 5.77. The summed E-state index contributed by atoms with van der Waals surface area (Å²) in [6.07, 6.45) is 1.12. The predicted molar refractivity (Wildman–Crippen MR) is 80.2 cm³/mol. The summed E-state index contributed by atoms with van der Waals surface area (Å²) >= 11 is 0. The van der Waals surface area contributed by atoms with Gasteiger partial charge in [-0.2, -0.15) is 4.98 Å². The molecule has 21 heavy (non-hydrogen) atoms. The zero-order valence-corrected chi connectivity index (χ0v) is 12.3. The molecule has 6 heteroatoms. The van der Waals surface area contributed by atoms with Gasteiger partial charge in [0.1, 0.15) is 5.52 Å². The van der Waals surface area contributed by atoms with Gasteiger partial charge in [0.05, 0.1) is 5.56 Å². The number of oxazole rings is 1. The van der Waals surface area contributed by atoms with Crippen LogP contribution >= 0.6 is 0 Å². The number of aromatic nitrogens is 1. The van der Waals surface area contributed by atoms with E-state index in [4.69, 9.17) is 10.2 Å². The van der Waals surface area contributed by atoms with Gasteiger partial charge in [-0.3, -0.25) is 4.79 Å². The van der Waals surface area contributed by atoms with Gasteiger partial charge in [0.2, 0.25) is 0 Å². The lowest BCUT2D eigenvalue weighted by Gasteiger charge is -2.16. The van der Waals surface area contributed by atoms with E-state index in [1.54, 1.807) is 12.1 Å². The van der Waals surface area contributed by atoms with E-state index in [-0.39, 0.29) is 5.56 Å². The third kappa shape index (κ3) is 2.71. The second-order valence-corrected chi connectivity index (χ2v) is 5.79. The van der Waals surface area contributed by atoms with E-state index < -0.39 is 5.91 Å². The van der Waals surface area contributed by atoms with Crippen LogP contribution < -0.4 is 10.6 Å². The Kier molecular flexibility index (Phi) is 3.55. The number of amides is 1. The molecule has 1 radical (unpaired) electrons. The number of rotatable bonds is 4. The fourth-order valence-corrected chi connectivity index (χ4v) is 2.88. The fraction of sp³-hybridized carbons (Fsp3) is 0.467. The predicted octanol–water partition coefficient (Wildman–Crippen LogP) is 1.11. The van der Waals surface area contributed by atoms with Gasteiger partial charge in [-0.15, -0.1) is 0 Å². The van der Waals surface area contributed by atoms with Crippen molar-refractivity contribution in [2.75, 3.05) is 38.6 Å². The van der Waals surface area contributed by atoms with Gasteiger partial charge in [-0.25, -0.2) is 0 Å². The molecule has 1 aliphatic rings. The standard InChI is InChI=1S/C15H19N4O2/c1-18(2)8-10-6-7-19(9-10)15-17-13-11(14(16)20)4-3-5-12(13)21-15/h3,5,10H,6-9H2,1-2H3,(H2,16,20). The van der Waals surface area contributed by atoms with Crippen LogP contribution in [0.1, 0.15) is 16.8 Å². The quantitative estimate of drug-likeness (QED) is 0.912. The smallest absolute Gasteiger partial charge is 0.298 e. The van der Waals surface area contributed by atoms with Crippen molar-refractivity contribution in [3.8, 4) is 0 Å². The van der Waals surface area contributed by atoms with Gasteiger partial charge in [-0.05, 0) is 44.6 Å². The number of primary amides is 1. The van der Waals surface area contributed by atoms with Gasteiger partial charge in [0.15, 0.2) is 5.58 Å². The van der Waals surface area contributed by atoms with Gasteiger partial charge in [0, 0.05) is 19.6 Å². The average Bonchev–Trinajstić information content (AvgIpc) is 3.02. The molecule has 1 amide bonds. The lowest BCUT2D eigenvalue weighted by atomic mass is 10.1. The van der Waals surface area contributed by atoms with Crippen LogP contribution in [0.4, 0.5) is 6.01 Å². The number of hydrogen-bond donors (Lipinski definition) is 1. The molecular formula is C15H19N4O2. The monoisotopic (exact) mass is 287 g/mol. The van der Waals surface area contributed by atoms with Gasteiger partial charge < -0.3 is 20.0 Å². The third-order valence-corrected chi connectivity index (χ3v) is 3.77. The van der Waals surface area contributed by atoms with E-state index in [1.165, 1.54) is 0 Å². The van der Waals surface area contributed by atoms with Crippen LogP contribution in [0.5, 0.6) is 0 Å². The van der Waals surface area contributed by atoms with Crippen LogP contribution in [-0.4, -0.2) is 49.5 Å². The number of nitrogens with two attached hydrogens (primary N) is 1. The van der Waals surface area contributed by atoms with Gasteiger partial charge in [-0.1, -0.05) is 0 Å².